The van der Waals surface area contributed by atoms with Crippen LogP contribution in [0.2, 0.25) is 0 Å². The Bertz CT molecular complexity index is 1440. The first-order chi connectivity index (χ1) is 22.4. The van der Waals surface area contributed by atoms with Crippen LogP contribution < -0.4 is 4.74 Å². The number of nitrogens with zero attached hydrogens (tertiary/aromatic N) is 3. The minimum absolute atomic E-state index is 0.000806. The Balaban J connectivity index is 1.55. The molecule has 1 saturated carbocycles. The highest BCUT2D eigenvalue weighted by atomic mass is 17.1. The second-order valence-corrected chi connectivity index (χ2v) is 12.4. The van der Waals surface area contributed by atoms with Gasteiger partial charge >= 0.3 is 5.97 Å². The third-order valence-electron chi connectivity index (χ3n) is 7.94. The van der Waals surface area contributed by atoms with Crippen molar-refractivity contribution >= 4 is 11.9 Å². The van der Waals surface area contributed by atoms with Gasteiger partial charge in [-0.2, -0.15) is 0 Å². The number of carbonyl (C=O) groups is 2. The van der Waals surface area contributed by atoms with Crippen molar-refractivity contribution in [2.45, 2.75) is 77.2 Å². The summed E-state index contributed by atoms with van der Waals surface area (Å²) in [5.74, 6) is 0.211. The quantitative estimate of drug-likeness (QED) is 0.113. The smallest absolute Gasteiger partial charge is 0.338 e. The average Bonchev–Trinajstić information content (AvgIpc) is 3.59. The summed E-state index contributed by atoms with van der Waals surface area (Å²) >= 11 is 0. The molecule has 1 aliphatic rings. The monoisotopic (exact) mass is 653 g/mol. The van der Waals surface area contributed by atoms with E-state index >= 15 is 0 Å². The molecule has 0 heterocycles. The molecule has 3 aromatic carbocycles. The first kappa shape index (κ1) is 35.9. The molecule has 0 unspecified atom stereocenters. The number of ether oxygens (including phenoxy) is 2. The lowest BCUT2D eigenvalue weighted by Gasteiger charge is -2.38. The first-order valence-electron chi connectivity index (χ1n) is 15.4. The number of amides is 1. The zero-order valence-electron chi connectivity index (χ0n) is 26.8. The van der Waals surface area contributed by atoms with Crippen molar-refractivity contribution in [3.8, 4) is 5.75 Å². The minimum Gasteiger partial charge on any atom is -0.489 e. The molecular formula is C34H43N3O10. The van der Waals surface area contributed by atoms with Gasteiger partial charge in [0.05, 0.1) is 36.1 Å². The zero-order valence-corrected chi connectivity index (χ0v) is 26.8. The van der Waals surface area contributed by atoms with Gasteiger partial charge in [-0.15, -0.1) is 0 Å². The highest BCUT2D eigenvalue weighted by Crippen LogP contribution is 2.38. The van der Waals surface area contributed by atoms with E-state index in [1.165, 1.54) is 25.0 Å². The highest BCUT2D eigenvalue weighted by Gasteiger charge is 2.32. The maximum absolute atomic E-state index is 13.9. The van der Waals surface area contributed by atoms with Crippen LogP contribution in [0.4, 0.5) is 0 Å². The van der Waals surface area contributed by atoms with Gasteiger partial charge in [-0.3, -0.25) is 25.6 Å². The molecule has 0 saturated heterocycles. The second-order valence-electron chi connectivity index (χ2n) is 12.4. The third-order valence-corrected chi connectivity index (χ3v) is 7.94. The van der Waals surface area contributed by atoms with Crippen LogP contribution >= 0.6 is 0 Å². The maximum Gasteiger partial charge on any atom is 0.338 e. The lowest BCUT2D eigenvalue weighted by Crippen LogP contribution is -2.51. The van der Waals surface area contributed by atoms with Crippen LogP contribution in [-0.4, -0.2) is 73.2 Å². The molecule has 4 N–H and O–H groups in total. The van der Waals surface area contributed by atoms with E-state index in [0.717, 1.165) is 24.2 Å². The van der Waals surface area contributed by atoms with Crippen molar-refractivity contribution in [1.82, 2.24) is 15.7 Å². The van der Waals surface area contributed by atoms with E-state index in [1.54, 1.807) is 41.3 Å². The van der Waals surface area contributed by atoms with Crippen LogP contribution in [0.25, 0.3) is 0 Å². The topological polar surface area (TPSA) is 162 Å². The molecule has 0 aliphatic heterocycles. The van der Waals surface area contributed by atoms with Gasteiger partial charge in [0.2, 0.25) is 0 Å². The molecule has 254 valence electrons. The third kappa shape index (κ3) is 10.8. The standard InChI is InChI=1S/C34H43N3O10/c1-34(2,3)35(32(38)27-16-12-24(13-17-27)21-45-36(40)41)20-29(23-44-31-11-7-6-10-30(31)26-8-4-5-9-26)47-33(39)28-18-14-25(15-19-28)22-46-37(42)43/h6-7,10-19,26,29,40-43H,4-5,8-9,20-23H2,1-3H3/t29-/m0/s1. The summed E-state index contributed by atoms with van der Waals surface area (Å²) in [5, 5.41) is 34.4. The molecule has 0 aromatic heterocycles. The van der Waals surface area contributed by atoms with E-state index in [4.69, 9.17) is 30.3 Å². The van der Waals surface area contributed by atoms with Crippen molar-refractivity contribution in [2.75, 3.05) is 13.2 Å². The van der Waals surface area contributed by atoms with E-state index in [2.05, 4.69) is 15.7 Å². The zero-order chi connectivity index (χ0) is 34.0. The van der Waals surface area contributed by atoms with Gasteiger partial charge in [0.15, 0.2) is 6.10 Å². The fourth-order valence-corrected chi connectivity index (χ4v) is 5.48. The van der Waals surface area contributed by atoms with Gasteiger partial charge < -0.3 is 14.4 Å². The maximum atomic E-state index is 13.9. The van der Waals surface area contributed by atoms with Gasteiger partial charge in [0.1, 0.15) is 12.4 Å². The van der Waals surface area contributed by atoms with Crippen LogP contribution in [0.1, 0.15) is 89.8 Å². The molecule has 13 nitrogen and oxygen atoms in total. The van der Waals surface area contributed by atoms with Crippen LogP contribution in [0, 0.1) is 0 Å². The van der Waals surface area contributed by atoms with Crippen LogP contribution in [0.3, 0.4) is 0 Å². The molecule has 0 radical (unpaired) electrons. The van der Waals surface area contributed by atoms with Crippen LogP contribution in [0.15, 0.2) is 72.8 Å². The summed E-state index contributed by atoms with van der Waals surface area (Å²) in [7, 11) is 0. The number of hydrogen-bond acceptors (Lipinski definition) is 12. The average molecular weight is 654 g/mol. The molecule has 47 heavy (non-hydrogen) atoms. The van der Waals surface area contributed by atoms with E-state index in [-0.39, 0.29) is 48.6 Å². The number of para-hydroxylation sites is 1. The summed E-state index contributed by atoms with van der Waals surface area (Å²) in [4.78, 5) is 38.2. The Morgan fingerprint density at radius 2 is 1.32 bits per heavy atom. The highest BCUT2D eigenvalue weighted by molar-refractivity contribution is 5.95. The number of benzene rings is 3. The normalized spacial score (nSPS) is 14.4. The number of carbonyl (C=O) groups excluding carboxylic acids is 2. The first-order valence-corrected chi connectivity index (χ1v) is 15.4. The fraction of sp³-hybridized carbons (Fsp3) is 0.412. The molecule has 1 atom stereocenters. The lowest BCUT2D eigenvalue weighted by molar-refractivity contribution is -0.497. The largest absolute Gasteiger partial charge is 0.489 e. The molecule has 0 spiro atoms. The molecular weight excluding hydrogens is 610 g/mol. The van der Waals surface area contributed by atoms with Crippen LogP contribution in [0.5, 0.6) is 5.75 Å². The van der Waals surface area contributed by atoms with E-state index in [0.29, 0.717) is 22.6 Å². The molecule has 0 bridgehead atoms. The Kier molecular flexibility index (Phi) is 12.8. The Morgan fingerprint density at radius 1 is 0.787 bits per heavy atom. The molecule has 4 rings (SSSR count). The van der Waals surface area contributed by atoms with E-state index in [1.807, 2.05) is 39.0 Å². The van der Waals surface area contributed by atoms with Gasteiger partial charge in [0.25, 0.3) is 5.91 Å². The predicted molar refractivity (Wildman–Crippen MR) is 166 cm³/mol. The minimum atomic E-state index is -0.851. The van der Waals surface area contributed by atoms with Crippen molar-refractivity contribution in [2.24, 2.45) is 0 Å². The summed E-state index contributed by atoms with van der Waals surface area (Å²) < 4.78 is 12.3. The molecule has 3 aromatic rings. The fourth-order valence-electron chi connectivity index (χ4n) is 5.48. The van der Waals surface area contributed by atoms with Gasteiger partial charge in [-0.05, 0) is 86.6 Å². The van der Waals surface area contributed by atoms with Crippen molar-refractivity contribution in [1.29, 1.82) is 0 Å². The molecule has 1 amide bonds. The Morgan fingerprint density at radius 3 is 1.85 bits per heavy atom. The summed E-state index contributed by atoms with van der Waals surface area (Å²) in [6, 6.07) is 20.7. The Hall–Kier alpha value is -3.92. The molecule has 1 fully saturated rings. The van der Waals surface area contributed by atoms with Gasteiger partial charge in [-0.1, -0.05) is 55.3 Å². The number of esters is 1. The van der Waals surface area contributed by atoms with E-state index < -0.39 is 17.6 Å². The summed E-state index contributed by atoms with van der Waals surface area (Å²) in [6.45, 7) is 5.46. The van der Waals surface area contributed by atoms with Crippen molar-refractivity contribution in [3.05, 3.63) is 101 Å². The number of rotatable bonds is 15. The summed E-state index contributed by atoms with van der Waals surface area (Å²) in [6.07, 6.45) is 3.66. The Labute approximate surface area is 273 Å². The summed E-state index contributed by atoms with van der Waals surface area (Å²) in [5.41, 5.74) is 2.29. The van der Waals surface area contributed by atoms with Crippen molar-refractivity contribution in [3.63, 3.8) is 0 Å². The van der Waals surface area contributed by atoms with E-state index in [9.17, 15) is 9.59 Å². The second kappa shape index (κ2) is 16.8. The number of hydrogen-bond donors (Lipinski definition) is 4. The SMILES string of the molecule is CC(C)(C)N(C[C@@H](COc1ccccc1C1CCCC1)OC(=O)c1ccc(CON(O)O)cc1)C(=O)c1ccc(CON(O)O)cc1. The van der Waals surface area contributed by atoms with Crippen LogP contribution in [-0.2, 0) is 27.6 Å². The predicted octanol–water partition coefficient (Wildman–Crippen LogP) is 5.91. The van der Waals surface area contributed by atoms with Crippen molar-refractivity contribution < 1.29 is 49.6 Å². The lowest BCUT2D eigenvalue weighted by atomic mass is 9.97. The van der Waals surface area contributed by atoms with Gasteiger partial charge in [-0.25, -0.2) is 14.5 Å². The molecule has 1 aliphatic carbocycles. The van der Waals surface area contributed by atoms with Gasteiger partial charge in [0, 0.05) is 11.1 Å². The molecule has 13 heteroatoms.